The molecule has 0 heterocycles. The summed E-state index contributed by atoms with van der Waals surface area (Å²) >= 11 is 0. The van der Waals surface area contributed by atoms with Gasteiger partial charge in [-0.25, -0.2) is 14.4 Å². The van der Waals surface area contributed by atoms with Gasteiger partial charge in [0, 0.05) is 17.2 Å². The van der Waals surface area contributed by atoms with E-state index in [1.165, 1.54) is 21.1 Å². The average Bonchev–Trinajstić information content (AvgIpc) is 2.45. The normalized spacial score (nSPS) is 7.60. The predicted octanol–water partition coefficient (Wildman–Crippen LogP) is 2.12. The van der Waals surface area contributed by atoms with Crippen LogP contribution in [0, 0.1) is 0 Å². The topological polar surface area (TPSA) is 89.9 Å². The van der Waals surface area contributed by atoms with Crippen LogP contribution in [-0.4, -0.2) is 37.2 Å². The summed E-state index contributed by atoms with van der Waals surface area (Å²) in [5, 5.41) is 7.89. The van der Waals surface area contributed by atoms with E-state index in [4.69, 9.17) is 5.11 Å². The average molecular weight is 286 g/mol. The third kappa shape index (κ3) is 18.0. The number of esters is 2. The maximum absolute atomic E-state index is 10.4. The highest BCUT2D eigenvalue weighted by molar-refractivity contribution is 5.87. The summed E-state index contributed by atoms with van der Waals surface area (Å²) in [6.45, 7) is 13.1. The van der Waals surface area contributed by atoms with Crippen molar-refractivity contribution >= 4 is 17.9 Å². The predicted molar refractivity (Wildman–Crippen MR) is 76.1 cm³/mol. The van der Waals surface area contributed by atoms with Crippen LogP contribution in [-0.2, 0) is 23.9 Å². The molecule has 0 saturated carbocycles. The highest BCUT2D eigenvalue weighted by atomic mass is 16.5. The van der Waals surface area contributed by atoms with Gasteiger partial charge in [0.25, 0.3) is 0 Å². The smallest absolute Gasteiger partial charge is 0.333 e. The largest absolute Gasteiger partial charge is 0.478 e. The molecule has 6 nitrogen and oxygen atoms in total. The van der Waals surface area contributed by atoms with Gasteiger partial charge >= 0.3 is 17.9 Å². The molecule has 0 radical (unpaired) electrons. The van der Waals surface area contributed by atoms with Crippen molar-refractivity contribution in [3.05, 3.63) is 37.0 Å². The van der Waals surface area contributed by atoms with Crippen molar-refractivity contribution in [3.63, 3.8) is 0 Å². The number of carbonyl (C=O) groups excluding carboxylic acids is 2. The minimum atomic E-state index is -0.935. The van der Waals surface area contributed by atoms with Gasteiger partial charge in [-0.15, -0.1) is 0 Å². The molecule has 0 saturated heterocycles. The summed E-state index contributed by atoms with van der Waals surface area (Å²) in [5.41, 5.74) is 0.697. The first-order valence-corrected chi connectivity index (χ1v) is 5.53. The number of aliphatic carboxylic acids is 1. The van der Waals surface area contributed by atoms with E-state index >= 15 is 0 Å². The molecule has 0 atom stereocenters. The number of methoxy groups -OCH3 is 2. The molecule has 0 aromatic carbocycles. The molecule has 0 fully saturated rings. The summed E-state index contributed by atoms with van der Waals surface area (Å²) in [6.07, 6.45) is 1.77. The molecular weight excluding hydrogens is 264 g/mol. The third-order valence-electron chi connectivity index (χ3n) is 1.63. The third-order valence-corrected chi connectivity index (χ3v) is 1.63. The van der Waals surface area contributed by atoms with Crippen LogP contribution in [0.1, 0.15) is 20.3 Å². The van der Waals surface area contributed by atoms with Gasteiger partial charge in [-0.3, -0.25) is 0 Å². The standard InChI is InChI=1S/C6H10O2.2C4H6O2/c1-4-5(2)6(7)8-3;1-3-4(5)6-2;1-3(2)4(5)6/h2,4H2,1,3H3;3H,1H2,2H3;1H2,2H3,(H,5,6). The molecule has 0 unspecified atom stereocenters. The fourth-order valence-electron chi connectivity index (χ4n) is 0.372. The van der Waals surface area contributed by atoms with Crippen molar-refractivity contribution in [2.24, 2.45) is 0 Å². The lowest BCUT2D eigenvalue weighted by Gasteiger charge is -1.95. The van der Waals surface area contributed by atoms with E-state index in [-0.39, 0.29) is 11.5 Å². The maximum Gasteiger partial charge on any atom is 0.333 e. The summed E-state index contributed by atoms with van der Waals surface area (Å²) in [7, 11) is 2.66. The van der Waals surface area contributed by atoms with E-state index < -0.39 is 11.9 Å². The summed E-state index contributed by atoms with van der Waals surface area (Å²) in [6, 6.07) is 0. The first kappa shape index (κ1) is 22.8. The lowest BCUT2D eigenvalue weighted by Crippen LogP contribution is -2.01. The molecule has 114 valence electrons. The van der Waals surface area contributed by atoms with Crippen molar-refractivity contribution in [2.75, 3.05) is 14.2 Å². The number of hydrogen-bond donors (Lipinski definition) is 1. The van der Waals surface area contributed by atoms with E-state index in [1.54, 1.807) is 0 Å². The molecular formula is C14H22O6. The summed E-state index contributed by atoms with van der Waals surface area (Å²) < 4.78 is 8.51. The Morgan fingerprint density at radius 1 is 1.15 bits per heavy atom. The fourth-order valence-corrected chi connectivity index (χ4v) is 0.372. The zero-order valence-electron chi connectivity index (χ0n) is 12.4. The van der Waals surface area contributed by atoms with Crippen LogP contribution >= 0.6 is 0 Å². The van der Waals surface area contributed by atoms with Gasteiger partial charge in [0.1, 0.15) is 0 Å². The van der Waals surface area contributed by atoms with Crippen LogP contribution in [0.5, 0.6) is 0 Å². The van der Waals surface area contributed by atoms with E-state index in [1.807, 2.05) is 6.92 Å². The molecule has 0 rings (SSSR count). The maximum atomic E-state index is 10.4. The van der Waals surface area contributed by atoms with Gasteiger partial charge in [0.2, 0.25) is 0 Å². The first-order valence-electron chi connectivity index (χ1n) is 5.53. The molecule has 0 aromatic rings. The molecule has 1 N–H and O–H groups in total. The van der Waals surface area contributed by atoms with Gasteiger partial charge in [0.15, 0.2) is 0 Å². The number of carboxylic acid groups (broad SMARTS) is 1. The molecule has 0 aliphatic rings. The monoisotopic (exact) mass is 286 g/mol. The van der Waals surface area contributed by atoms with E-state index in [2.05, 4.69) is 29.2 Å². The second-order valence-corrected chi connectivity index (χ2v) is 3.26. The lowest BCUT2D eigenvalue weighted by molar-refractivity contribution is -0.136. The molecule has 0 bridgehead atoms. The van der Waals surface area contributed by atoms with Crippen molar-refractivity contribution in [1.82, 2.24) is 0 Å². The molecule has 0 aliphatic heterocycles. The van der Waals surface area contributed by atoms with Crippen molar-refractivity contribution < 1.29 is 29.0 Å². The summed E-state index contributed by atoms with van der Waals surface area (Å²) in [5.74, 6) is -1.64. The molecule has 0 aliphatic carbocycles. The number of carbonyl (C=O) groups is 3. The SMILES string of the molecule is C=C(C)C(=O)O.C=C(CC)C(=O)OC.C=CC(=O)OC. The molecule has 0 aromatic heterocycles. The van der Waals surface area contributed by atoms with Gasteiger partial charge < -0.3 is 14.6 Å². The van der Waals surface area contributed by atoms with Gasteiger partial charge in [-0.1, -0.05) is 26.7 Å². The Morgan fingerprint density at radius 2 is 1.55 bits per heavy atom. The Balaban J connectivity index is -0.000000221. The Hall–Kier alpha value is -2.37. The highest BCUT2D eigenvalue weighted by Crippen LogP contribution is 1.96. The minimum Gasteiger partial charge on any atom is -0.478 e. The zero-order chi connectivity index (χ0) is 16.7. The van der Waals surface area contributed by atoms with Crippen molar-refractivity contribution in [1.29, 1.82) is 0 Å². The minimum absolute atomic E-state index is 0.176. The molecule has 20 heavy (non-hydrogen) atoms. The first-order chi connectivity index (χ1) is 9.17. The second-order valence-electron chi connectivity index (χ2n) is 3.26. The highest BCUT2D eigenvalue weighted by Gasteiger charge is 2.00. The number of carboxylic acids is 1. The Bertz CT molecular complexity index is 339. The van der Waals surface area contributed by atoms with E-state index in [9.17, 15) is 14.4 Å². The summed E-state index contributed by atoms with van der Waals surface area (Å²) in [4.78, 5) is 29.9. The lowest BCUT2D eigenvalue weighted by atomic mass is 10.2. The van der Waals surface area contributed by atoms with Crippen molar-refractivity contribution in [3.8, 4) is 0 Å². The van der Waals surface area contributed by atoms with Crippen LogP contribution in [0.2, 0.25) is 0 Å². The van der Waals surface area contributed by atoms with Crippen LogP contribution in [0.4, 0.5) is 0 Å². The molecule has 6 heteroatoms. The van der Waals surface area contributed by atoms with E-state index in [0.29, 0.717) is 12.0 Å². The Kier molecular flexibility index (Phi) is 16.7. The van der Waals surface area contributed by atoms with Gasteiger partial charge in [-0.2, -0.15) is 0 Å². The van der Waals surface area contributed by atoms with Crippen LogP contribution in [0.15, 0.2) is 37.0 Å². The fraction of sp³-hybridized carbons (Fsp3) is 0.357. The van der Waals surface area contributed by atoms with Crippen LogP contribution in [0.3, 0.4) is 0 Å². The van der Waals surface area contributed by atoms with Gasteiger partial charge in [0.05, 0.1) is 14.2 Å². The molecule has 0 amide bonds. The quantitative estimate of drug-likeness (QED) is 0.629. The Labute approximate surface area is 119 Å². The number of rotatable bonds is 4. The Morgan fingerprint density at radius 3 is 1.60 bits per heavy atom. The van der Waals surface area contributed by atoms with Crippen LogP contribution < -0.4 is 0 Å². The number of hydrogen-bond acceptors (Lipinski definition) is 5. The molecule has 0 spiro atoms. The van der Waals surface area contributed by atoms with Crippen LogP contribution in [0.25, 0.3) is 0 Å². The van der Waals surface area contributed by atoms with Gasteiger partial charge in [-0.05, 0) is 13.3 Å². The number of ether oxygens (including phenoxy) is 2. The van der Waals surface area contributed by atoms with Crippen molar-refractivity contribution in [2.45, 2.75) is 20.3 Å². The second kappa shape index (κ2) is 14.7. The van der Waals surface area contributed by atoms with E-state index in [0.717, 1.165) is 6.08 Å². The zero-order valence-corrected chi connectivity index (χ0v) is 12.4.